The summed E-state index contributed by atoms with van der Waals surface area (Å²) in [4.78, 5) is 32.9. The minimum Gasteiger partial charge on any atom is -0.352 e. The number of amides is 3. The first-order valence-corrected chi connectivity index (χ1v) is 8.88. The van der Waals surface area contributed by atoms with E-state index in [9.17, 15) is 9.59 Å². The molecule has 1 aliphatic carbocycles. The van der Waals surface area contributed by atoms with Crippen LogP contribution in [0.5, 0.6) is 0 Å². The number of pyridine rings is 1. The van der Waals surface area contributed by atoms with Gasteiger partial charge in [-0.1, -0.05) is 6.07 Å². The Bertz CT molecular complexity index is 629. The van der Waals surface area contributed by atoms with Crippen molar-refractivity contribution in [2.24, 2.45) is 11.3 Å². The van der Waals surface area contributed by atoms with Crippen LogP contribution >= 0.6 is 0 Å². The fraction of sp³-hybridized carbons (Fsp3) is 0.611. The molecule has 2 saturated heterocycles. The van der Waals surface area contributed by atoms with E-state index >= 15 is 0 Å². The van der Waals surface area contributed by atoms with Crippen molar-refractivity contribution < 1.29 is 9.59 Å². The lowest BCUT2D eigenvalue weighted by molar-refractivity contribution is -0.123. The molecular formula is C18H24N4O2. The lowest BCUT2D eigenvalue weighted by Crippen LogP contribution is -2.40. The van der Waals surface area contributed by atoms with E-state index in [0.717, 1.165) is 57.4 Å². The molecule has 6 nitrogen and oxygen atoms in total. The molecule has 2 aliphatic heterocycles. The van der Waals surface area contributed by atoms with Crippen LogP contribution in [0.4, 0.5) is 4.79 Å². The zero-order valence-corrected chi connectivity index (χ0v) is 13.9. The summed E-state index contributed by atoms with van der Waals surface area (Å²) in [5.41, 5.74) is 1.05. The molecule has 3 heterocycles. The third-order valence-corrected chi connectivity index (χ3v) is 5.73. The topological polar surface area (TPSA) is 65.5 Å². The highest BCUT2D eigenvalue weighted by atomic mass is 16.2. The Balaban J connectivity index is 1.29. The highest BCUT2D eigenvalue weighted by molar-refractivity contribution is 5.83. The van der Waals surface area contributed by atoms with Crippen molar-refractivity contribution in [3.05, 3.63) is 30.1 Å². The molecule has 1 saturated carbocycles. The van der Waals surface area contributed by atoms with E-state index in [2.05, 4.69) is 10.3 Å². The van der Waals surface area contributed by atoms with Crippen LogP contribution in [-0.2, 0) is 11.3 Å². The Morgan fingerprint density at radius 3 is 2.83 bits per heavy atom. The van der Waals surface area contributed by atoms with Crippen molar-refractivity contribution >= 4 is 11.9 Å². The molecule has 0 aromatic carbocycles. The van der Waals surface area contributed by atoms with Crippen LogP contribution in [0.1, 0.15) is 31.2 Å². The molecule has 1 aromatic heterocycles. The van der Waals surface area contributed by atoms with Crippen LogP contribution in [0, 0.1) is 11.3 Å². The first-order chi connectivity index (χ1) is 11.7. The Morgan fingerprint density at radius 1 is 1.25 bits per heavy atom. The Morgan fingerprint density at radius 2 is 2.08 bits per heavy atom. The number of carbonyl (C=O) groups is 2. The van der Waals surface area contributed by atoms with Gasteiger partial charge in [0.25, 0.3) is 0 Å². The quantitative estimate of drug-likeness (QED) is 0.917. The molecule has 0 radical (unpaired) electrons. The number of hydrogen-bond donors (Lipinski definition) is 1. The van der Waals surface area contributed by atoms with Gasteiger partial charge < -0.3 is 15.1 Å². The summed E-state index contributed by atoms with van der Waals surface area (Å²) in [5.74, 6) is 0.180. The zero-order chi connectivity index (χ0) is 16.6. The number of nitrogens with zero attached hydrogens (tertiary/aromatic N) is 3. The summed E-state index contributed by atoms with van der Waals surface area (Å²) in [6.45, 7) is 3.83. The van der Waals surface area contributed by atoms with Gasteiger partial charge in [-0.05, 0) is 37.3 Å². The summed E-state index contributed by atoms with van der Waals surface area (Å²) in [6.07, 6.45) is 7.60. The van der Waals surface area contributed by atoms with E-state index in [-0.39, 0.29) is 23.3 Å². The maximum Gasteiger partial charge on any atom is 0.320 e. The van der Waals surface area contributed by atoms with Crippen LogP contribution in [-0.4, -0.2) is 52.9 Å². The standard InChI is InChI=1S/C18H24N4O2/c23-16(20-12-14-4-3-6-19-11-14)15-10-18(15)5-9-22(13-18)17(24)21-7-1-2-8-21/h3-4,6,11,15H,1-2,5,7-10,12-13H2,(H,20,23)/t15-,18-/m1/s1. The van der Waals surface area contributed by atoms with Gasteiger partial charge in [0.2, 0.25) is 5.91 Å². The van der Waals surface area contributed by atoms with E-state index in [1.165, 1.54) is 0 Å². The average Bonchev–Trinajstić information content (AvgIpc) is 2.98. The molecule has 3 amide bonds. The zero-order valence-electron chi connectivity index (χ0n) is 13.9. The third kappa shape index (κ3) is 2.85. The molecule has 128 valence electrons. The molecular weight excluding hydrogens is 304 g/mol. The van der Waals surface area contributed by atoms with Gasteiger partial charge in [0.15, 0.2) is 0 Å². The minimum atomic E-state index is 0.0361. The van der Waals surface area contributed by atoms with Gasteiger partial charge >= 0.3 is 6.03 Å². The number of likely N-dealkylation sites (tertiary alicyclic amines) is 2. The van der Waals surface area contributed by atoms with Crippen LogP contribution in [0.25, 0.3) is 0 Å². The third-order valence-electron chi connectivity index (χ3n) is 5.73. The van der Waals surface area contributed by atoms with Crippen molar-refractivity contribution in [3.63, 3.8) is 0 Å². The van der Waals surface area contributed by atoms with Crippen molar-refractivity contribution in [1.82, 2.24) is 20.1 Å². The SMILES string of the molecule is O=C(NCc1cccnc1)[C@H]1C[C@@]12CCN(C(=O)N1CCCC1)C2. The maximum atomic E-state index is 12.5. The van der Waals surface area contributed by atoms with Gasteiger partial charge in [-0.2, -0.15) is 0 Å². The molecule has 1 N–H and O–H groups in total. The summed E-state index contributed by atoms with van der Waals surface area (Å²) in [5, 5.41) is 3.02. The Kier molecular flexibility index (Phi) is 3.90. The van der Waals surface area contributed by atoms with Crippen LogP contribution in [0.3, 0.4) is 0 Å². The van der Waals surface area contributed by atoms with Gasteiger partial charge in [0.1, 0.15) is 0 Å². The Hall–Kier alpha value is -2.11. The summed E-state index contributed by atoms with van der Waals surface area (Å²) in [7, 11) is 0. The summed E-state index contributed by atoms with van der Waals surface area (Å²) >= 11 is 0. The van der Waals surface area contributed by atoms with Crippen molar-refractivity contribution in [2.45, 2.75) is 32.2 Å². The number of rotatable bonds is 3. The smallest absolute Gasteiger partial charge is 0.320 e. The van der Waals surface area contributed by atoms with Crippen molar-refractivity contribution in [1.29, 1.82) is 0 Å². The Labute approximate surface area is 142 Å². The molecule has 24 heavy (non-hydrogen) atoms. The molecule has 0 unspecified atom stereocenters. The highest BCUT2D eigenvalue weighted by Crippen LogP contribution is 2.58. The lowest BCUT2D eigenvalue weighted by Gasteiger charge is -2.24. The summed E-state index contributed by atoms with van der Waals surface area (Å²) in [6, 6.07) is 4.01. The second kappa shape index (κ2) is 6.07. The highest BCUT2D eigenvalue weighted by Gasteiger charge is 2.61. The monoisotopic (exact) mass is 328 g/mol. The largest absolute Gasteiger partial charge is 0.352 e. The molecule has 1 spiro atoms. The average molecular weight is 328 g/mol. The van der Waals surface area contributed by atoms with E-state index < -0.39 is 0 Å². The molecule has 3 aliphatic rings. The molecule has 2 atom stereocenters. The number of urea groups is 1. The van der Waals surface area contributed by atoms with E-state index in [1.54, 1.807) is 12.4 Å². The molecule has 4 rings (SSSR count). The van der Waals surface area contributed by atoms with Crippen molar-refractivity contribution in [3.8, 4) is 0 Å². The number of nitrogens with one attached hydrogen (secondary N) is 1. The molecule has 1 aromatic rings. The first kappa shape index (κ1) is 15.4. The van der Waals surface area contributed by atoms with Gasteiger partial charge in [-0.15, -0.1) is 0 Å². The molecule has 6 heteroatoms. The lowest BCUT2D eigenvalue weighted by atomic mass is 10.0. The maximum absolute atomic E-state index is 12.5. The first-order valence-electron chi connectivity index (χ1n) is 8.88. The second-order valence-corrected chi connectivity index (χ2v) is 7.35. The van der Waals surface area contributed by atoms with E-state index in [0.29, 0.717) is 6.54 Å². The van der Waals surface area contributed by atoms with Crippen LogP contribution < -0.4 is 5.32 Å². The number of hydrogen-bond acceptors (Lipinski definition) is 3. The number of carbonyl (C=O) groups excluding carboxylic acids is 2. The van der Waals surface area contributed by atoms with Gasteiger partial charge in [0, 0.05) is 56.5 Å². The van der Waals surface area contributed by atoms with Crippen molar-refractivity contribution in [2.75, 3.05) is 26.2 Å². The fourth-order valence-electron chi connectivity index (χ4n) is 4.15. The number of aromatic nitrogens is 1. The van der Waals surface area contributed by atoms with Gasteiger partial charge in [-0.25, -0.2) is 4.79 Å². The van der Waals surface area contributed by atoms with E-state index in [4.69, 9.17) is 0 Å². The normalized spacial score (nSPS) is 28.4. The van der Waals surface area contributed by atoms with Crippen LogP contribution in [0.2, 0.25) is 0 Å². The predicted molar refractivity (Wildman–Crippen MR) is 89.0 cm³/mol. The molecule has 3 fully saturated rings. The fourth-order valence-corrected chi connectivity index (χ4v) is 4.15. The summed E-state index contributed by atoms with van der Waals surface area (Å²) < 4.78 is 0. The van der Waals surface area contributed by atoms with Gasteiger partial charge in [-0.3, -0.25) is 9.78 Å². The van der Waals surface area contributed by atoms with E-state index in [1.807, 2.05) is 21.9 Å². The minimum absolute atomic E-state index is 0.0361. The second-order valence-electron chi connectivity index (χ2n) is 7.35. The predicted octanol–water partition coefficient (Wildman–Crippen LogP) is 1.63. The van der Waals surface area contributed by atoms with Gasteiger partial charge in [0.05, 0.1) is 0 Å². The van der Waals surface area contributed by atoms with Crippen LogP contribution in [0.15, 0.2) is 24.5 Å². The molecule has 0 bridgehead atoms.